The number of fused-ring (bicyclic) bond motifs is 1. The number of likely N-dealkylation sites (N-methyl/N-ethyl adjacent to an activating group) is 2. The van der Waals surface area contributed by atoms with Gasteiger partial charge in [-0.2, -0.15) is 0 Å². The molecule has 3 heteroatoms. The van der Waals surface area contributed by atoms with Crippen LogP contribution in [-0.4, -0.2) is 42.9 Å². The fourth-order valence-electron chi connectivity index (χ4n) is 2.38. The molecule has 0 amide bonds. The van der Waals surface area contributed by atoms with Crippen molar-refractivity contribution in [3.05, 3.63) is 42.5 Å². The first-order chi connectivity index (χ1) is 8.75. The summed E-state index contributed by atoms with van der Waals surface area (Å²) in [4.78, 5) is 9.21. The van der Waals surface area contributed by atoms with Crippen LogP contribution in [-0.2, 0) is 0 Å². The van der Waals surface area contributed by atoms with E-state index in [2.05, 4.69) is 66.4 Å². The van der Waals surface area contributed by atoms with E-state index in [9.17, 15) is 0 Å². The van der Waals surface area contributed by atoms with Gasteiger partial charge in [0.1, 0.15) is 0 Å². The van der Waals surface area contributed by atoms with Crippen molar-refractivity contribution in [1.82, 2.24) is 9.80 Å². The number of rotatable bonds is 1. The SMILES string of the molecule is CN1CCN(C)C1=Nc1cccc2ccccc12. The Bertz CT molecular complexity index is 586. The van der Waals surface area contributed by atoms with Crippen LogP contribution in [0.25, 0.3) is 10.8 Å². The van der Waals surface area contributed by atoms with Crippen LogP contribution in [0.1, 0.15) is 0 Å². The van der Waals surface area contributed by atoms with Crippen molar-refractivity contribution < 1.29 is 0 Å². The van der Waals surface area contributed by atoms with Crippen LogP contribution in [0.4, 0.5) is 5.69 Å². The standard InChI is InChI=1S/C15H17N3/c1-17-10-11-18(2)15(17)16-14-9-5-7-12-6-3-4-8-13(12)14/h3-9H,10-11H2,1-2H3. The minimum atomic E-state index is 1.04. The van der Waals surface area contributed by atoms with Gasteiger partial charge >= 0.3 is 0 Å². The molecule has 2 aromatic rings. The van der Waals surface area contributed by atoms with Gasteiger partial charge in [0.05, 0.1) is 5.69 Å². The highest BCUT2D eigenvalue weighted by Crippen LogP contribution is 2.26. The Hall–Kier alpha value is -2.03. The van der Waals surface area contributed by atoms with Gasteiger partial charge in [0.2, 0.25) is 5.96 Å². The summed E-state index contributed by atoms with van der Waals surface area (Å²) in [5.74, 6) is 1.05. The van der Waals surface area contributed by atoms with Gasteiger partial charge in [0, 0.05) is 32.6 Å². The predicted molar refractivity (Wildman–Crippen MR) is 76.3 cm³/mol. The van der Waals surface area contributed by atoms with Crippen LogP contribution in [0.3, 0.4) is 0 Å². The molecule has 1 fully saturated rings. The number of aliphatic imine (C=N–C) groups is 1. The Kier molecular flexibility index (Phi) is 2.67. The van der Waals surface area contributed by atoms with Gasteiger partial charge in [-0.1, -0.05) is 36.4 Å². The molecule has 0 spiro atoms. The minimum absolute atomic E-state index is 1.04. The van der Waals surface area contributed by atoms with E-state index in [0.29, 0.717) is 0 Å². The van der Waals surface area contributed by atoms with Crippen molar-refractivity contribution in [2.75, 3.05) is 27.2 Å². The third kappa shape index (κ3) is 1.82. The summed E-state index contributed by atoms with van der Waals surface area (Å²) in [6.45, 7) is 2.08. The zero-order valence-electron chi connectivity index (χ0n) is 10.8. The van der Waals surface area contributed by atoms with Crippen molar-refractivity contribution in [3.8, 4) is 0 Å². The maximum Gasteiger partial charge on any atom is 0.201 e. The minimum Gasteiger partial charge on any atom is -0.344 e. The van der Waals surface area contributed by atoms with Crippen molar-refractivity contribution in [3.63, 3.8) is 0 Å². The molecule has 1 aliphatic rings. The fraction of sp³-hybridized carbons (Fsp3) is 0.267. The number of benzene rings is 2. The second-order valence-corrected chi connectivity index (χ2v) is 4.75. The topological polar surface area (TPSA) is 18.8 Å². The van der Waals surface area contributed by atoms with Crippen LogP contribution in [0.2, 0.25) is 0 Å². The van der Waals surface area contributed by atoms with Gasteiger partial charge in [-0.05, 0) is 11.5 Å². The third-order valence-corrected chi connectivity index (χ3v) is 3.44. The molecule has 0 aromatic heterocycles. The molecule has 2 aromatic carbocycles. The molecule has 3 rings (SSSR count). The van der Waals surface area contributed by atoms with E-state index in [1.807, 2.05) is 0 Å². The number of hydrogen-bond acceptors (Lipinski definition) is 1. The van der Waals surface area contributed by atoms with Gasteiger partial charge in [-0.3, -0.25) is 0 Å². The lowest BCUT2D eigenvalue weighted by Gasteiger charge is -2.16. The Morgan fingerprint density at radius 1 is 0.889 bits per heavy atom. The van der Waals surface area contributed by atoms with Gasteiger partial charge in [-0.15, -0.1) is 0 Å². The van der Waals surface area contributed by atoms with Crippen molar-refractivity contribution in [1.29, 1.82) is 0 Å². The monoisotopic (exact) mass is 239 g/mol. The van der Waals surface area contributed by atoms with E-state index >= 15 is 0 Å². The third-order valence-electron chi connectivity index (χ3n) is 3.44. The summed E-state index contributed by atoms with van der Waals surface area (Å²) in [7, 11) is 4.18. The van der Waals surface area contributed by atoms with Crippen LogP contribution < -0.4 is 0 Å². The lowest BCUT2D eigenvalue weighted by atomic mass is 10.1. The lowest BCUT2D eigenvalue weighted by molar-refractivity contribution is 0.553. The molecule has 1 saturated heterocycles. The van der Waals surface area contributed by atoms with Gasteiger partial charge < -0.3 is 9.80 Å². The van der Waals surface area contributed by atoms with E-state index in [-0.39, 0.29) is 0 Å². The molecule has 0 bridgehead atoms. The largest absolute Gasteiger partial charge is 0.344 e. The van der Waals surface area contributed by atoms with Gasteiger partial charge in [0.15, 0.2) is 0 Å². The normalized spacial score (nSPS) is 15.6. The van der Waals surface area contributed by atoms with Crippen LogP contribution >= 0.6 is 0 Å². The molecule has 0 N–H and O–H groups in total. The number of guanidine groups is 1. The van der Waals surface area contributed by atoms with Crippen molar-refractivity contribution in [2.45, 2.75) is 0 Å². The molecule has 3 nitrogen and oxygen atoms in total. The van der Waals surface area contributed by atoms with Crippen LogP contribution in [0.15, 0.2) is 47.5 Å². The van der Waals surface area contributed by atoms with Crippen LogP contribution in [0.5, 0.6) is 0 Å². The van der Waals surface area contributed by atoms with E-state index in [1.165, 1.54) is 10.8 Å². The zero-order chi connectivity index (χ0) is 12.5. The Balaban J connectivity index is 2.12. The van der Waals surface area contributed by atoms with E-state index in [4.69, 9.17) is 4.99 Å². The van der Waals surface area contributed by atoms with E-state index in [1.54, 1.807) is 0 Å². The summed E-state index contributed by atoms with van der Waals surface area (Å²) in [5, 5.41) is 2.45. The number of nitrogens with zero attached hydrogens (tertiary/aromatic N) is 3. The highest BCUT2D eigenvalue weighted by molar-refractivity contribution is 5.95. The Labute approximate surface area is 107 Å². The second kappa shape index (κ2) is 4.33. The van der Waals surface area contributed by atoms with E-state index in [0.717, 1.165) is 24.7 Å². The molecule has 0 aliphatic carbocycles. The molecule has 0 atom stereocenters. The van der Waals surface area contributed by atoms with E-state index < -0.39 is 0 Å². The quantitative estimate of drug-likeness (QED) is 0.762. The summed E-state index contributed by atoms with van der Waals surface area (Å²) < 4.78 is 0. The first-order valence-electron chi connectivity index (χ1n) is 6.24. The first kappa shape index (κ1) is 11.1. The average Bonchev–Trinajstić information content (AvgIpc) is 2.71. The van der Waals surface area contributed by atoms with Crippen molar-refractivity contribution >= 4 is 22.4 Å². The second-order valence-electron chi connectivity index (χ2n) is 4.75. The Morgan fingerprint density at radius 3 is 2.33 bits per heavy atom. The smallest absolute Gasteiger partial charge is 0.201 e. The molecule has 1 aliphatic heterocycles. The molecule has 18 heavy (non-hydrogen) atoms. The fourth-order valence-corrected chi connectivity index (χ4v) is 2.38. The molecule has 92 valence electrons. The molecule has 0 radical (unpaired) electrons. The highest BCUT2D eigenvalue weighted by atomic mass is 15.4. The summed E-state index contributed by atoms with van der Waals surface area (Å²) in [6.07, 6.45) is 0. The summed E-state index contributed by atoms with van der Waals surface area (Å²) in [6, 6.07) is 14.7. The summed E-state index contributed by atoms with van der Waals surface area (Å²) in [5.41, 5.74) is 1.05. The zero-order valence-corrected chi connectivity index (χ0v) is 10.8. The van der Waals surface area contributed by atoms with Crippen molar-refractivity contribution in [2.24, 2.45) is 4.99 Å². The Morgan fingerprint density at radius 2 is 1.56 bits per heavy atom. The van der Waals surface area contributed by atoms with Gasteiger partial charge in [-0.25, -0.2) is 4.99 Å². The average molecular weight is 239 g/mol. The first-order valence-corrected chi connectivity index (χ1v) is 6.24. The van der Waals surface area contributed by atoms with Gasteiger partial charge in [0.25, 0.3) is 0 Å². The maximum absolute atomic E-state index is 4.82. The summed E-state index contributed by atoms with van der Waals surface area (Å²) >= 11 is 0. The molecular formula is C15H17N3. The molecule has 0 saturated carbocycles. The lowest BCUT2D eigenvalue weighted by Crippen LogP contribution is -2.27. The highest BCUT2D eigenvalue weighted by Gasteiger charge is 2.19. The molecule has 1 heterocycles. The molecule has 0 unspecified atom stereocenters. The predicted octanol–water partition coefficient (Wildman–Crippen LogP) is 2.70. The van der Waals surface area contributed by atoms with Crippen LogP contribution in [0, 0.1) is 0 Å². The molecular weight excluding hydrogens is 222 g/mol. The maximum atomic E-state index is 4.82. The number of hydrogen-bond donors (Lipinski definition) is 0.